The van der Waals surface area contributed by atoms with Crippen molar-refractivity contribution in [1.82, 2.24) is 24.2 Å². The highest BCUT2D eigenvalue weighted by Gasteiger charge is 2.31. The fraction of sp³-hybridized carbons (Fsp3) is 0.188. The summed E-state index contributed by atoms with van der Waals surface area (Å²) in [5.41, 5.74) is 0.984. The molecule has 0 amide bonds. The molecule has 3 heterocycles. The summed E-state index contributed by atoms with van der Waals surface area (Å²) in [7, 11) is -2.31. The maximum absolute atomic E-state index is 12.8. The molecule has 0 aliphatic rings. The molecule has 0 aliphatic heterocycles. The van der Waals surface area contributed by atoms with E-state index < -0.39 is 21.8 Å². The molecule has 4 aromatic rings. The van der Waals surface area contributed by atoms with E-state index in [9.17, 15) is 21.6 Å². The lowest BCUT2D eigenvalue weighted by Crippen LogP contribution is -2.18. The first-order valence-electron chi connectivity index (χ1n) is 7.88. The Morgan fingerprint density at radius 1 is 1.18 bits per heavy atom. The zero-order chi connectivity index (χ0) is 20.1. The Morgan fingerprint density at radius 2 is 1.96 bits per heavy atom. The van der Waals surface area contributed by atoms with Gasteiger partial charge in [-0.3, -0.25) is 0 Å². The first-order valence-corrected chi connectivity index (χ1v) is 10.2. The molecule has 28 heavy (non-hydrogen) atoms. The van der Waals surface area contributed by atoms with Gasteiger partial charge in [0.15, 0.2) is 5.65 Å². The van der Waals surface area contributed by atoms with E-state index in [-0.39, 0.29) is 9.86 Å². The Kier molecular flexibility index (Phi) is 4.36. The number of sulfonamides is 1. The third-order valence-corrected chi connectivity index (χ3v) is 6.88. The molecule has 12 heteroatoms. The third kappa shape index (κ3) is 3.34. The van der Waals surface area contributed by atoms with Crippen LogP contribution in [0.3, 0.4) is 0 Å². The van der Waals surface area contributed by atoms with Crippen molar-refractivity contribution in [1.29, 1.82) is 0 Å². The van der Waals surface area contributed by atoms with Crippen molar-refractivity contribution >= 4 is 42.7 Å². The SMILES string of the molecule is CNS(=O)(=O)c1nc2ccc(Cn3cnc4cc(C(F)(F)F)cnc43)cc2s1. The van der Waals surface area contributed by atoms with Crippen LogP contribution in [0.5, 0.6) is 0 Å². The molecule has 0 bridgehead atoms. The van der Waals surface area contributed by atoms with Gasteiger partial charge in [-0.1, -0.05) is 6.07 Å². The quantitative estimate of drug-likeness (QED) is 0.541. The average Bonchev–Trinajstić information content (AvgIpc) is 3.25. The van der Waals surface area contributed by atoms with Crippen LogP contribution in [0.2, 0.25) is 0 Å². The van der Waals surface area contributed by atoms with Gasteiger partial charge in [0, 0.05) is 6.20 Å². The molecule has 146 valence electrons. The first kappa shape index (κ1) is 18.8. The van der Waals surface area contributed by atoms with E-state index in [0.717, 1.165) is 29.2 Å². The Morgan fingerprint density at radius 3 is 2.68 bits per heavy atom. The molecule has 0 radical (unpaired) electrons. The molecular formula is C16H12F3N5O2S2. The van der Waals surface area contributed by atoms with Crippen molar-refractivity contribution in [2.75, 3.05) is 7.05 Å². The number of alkyl halides is 3. The summed E-state index contributed by atoms with van der Waals surface area (Å²) in [6.45, 7) is 0.316. The van der Waals surface area contributed by atoms with Crippen LogP contribution in [-0.4, -0.2) is 35.0 Å². The number of nitrogens with one attached hydrogen (secondary N) is 1. The summed E-state index contributed by atoms with van der Waals surface area (Å²) in [4.78, 5) is 12.0. The van der Waals surface area contributed by atoms with E-state index in [2.05, 4.69) is 19.7 Å². The maximum Gasteiger partial charge on any atom is 0.417 e. The maximum atomic E-state index is 12.8. The second kappa shape index (κ2) is 6.50. The smallest absolute Gasteiger partial charge is 0.311 e. The van der Waals surface area contributed by atoms with E-state index in [1.807, 2.05) is 0 Å². The van der Waals surface area contributed by atoms with E-state index in [1.54, 1.807) is 22.8 Å². The lowest BCUT2D eigenvalue weighted by atomic mass is 10.2. The van der Waals surface area contributed by atoms with Gasteiger partial charge in [-0.05, 0) is 30.8 Å². The minimum Gasteiger partial charge on any atom is -0.311 e. The lowest BCUT2D eigenvalue weighted by Gasteiger charge is -2.07. The van der Waals surface area contributed by atoms with Gasteiger partial charge in [-0.25, -0.2) is 28.1 Å². The zero-order valence-corrected chi connectivity index (χ0v) is 15.9. The van der Waals surface area contributed by atoms with Crippen LogP contribution in [0.4, 0.5) is 13.2 Å². The van der Waals surface area contributed by atoms with Gasteiger partial charge >= 0.3 is 6.18 Å². The predicted molar refractivity (Wildman–Crippen MR) is 97.5 cm³/mol. The number of fused-ring (bicyclic) bond motifs is 2. The van der Waals surface area contributed by atoms with Crippen molar-refractivity contribution in [3.8, 4) is 0 Å². The van der Waals surface area contributed by atoms with Crippen LogP contribution in [0, 0.1) is 0 Å². The molecule has 4 rings (SSSR count). The molecule has 0 saturated carbocycles. The van der Waals surface area contributed by atoms with Gasteiger partial charge in [0.2, 0.25) is 4.34 Å². The summed E-state index contributed by atoms with van der Waals surface area (Å²) < 4.78 is 66.7. The molecule has 0 saturated heterocycles. The number of halogens is 3. The number of hydrogen-bond donors (Lipinski definition) is 1. The number of pyridine rings is 1. The molecule has 1 aromatic carbocycles. The highest BCUT2D eigenvalue weighted by Crippen LogP contribution is 2.30. The molecule has 0 atom stereocenters. The fourth-order valence-corrected chi connectivity index (χ4v) is 4.78. The average molecular weight is 427 g/mol. The molecule has 0 fully saturated rings. The van der Waals surface area contributed by atoms with Gasteiger partial charge in [-0.15, -0.1) is 11.3 Å². The Balaban J connectivity index is 1.68. The minimum absolute atomic E-state index is 0.0309. The van der Waals surface area contributed by atoms with Crippen LogP contribution in [0.1, 0.15) is 11.1 Å². The Labute approximate surface area is 160 Å². The number of nitrogens with zero attached hydrogens (tertiary/aromatic N) is 4. The molecule has 1 N–H and O–H groups in total. The summed E-state index contributed by atoms with van der Waals surface area (Å²) in [5, 5.41) is 0. The van der Waals surface area contributed by atoms with Crippen molar-refractivity contribution in [2.24, 2.45) is 0 Å². The van der Waals surface area contributed by atoms with Gasteiger partial charge in [0.1, 0.15) is 5.52 Å². The summed E-state index contributed by atoms with van der Waals surface area (Å²) in [6, 6.07) is 6.22. The van der Waals surface area contributed by atoms with Crippen molar-refractivity contribution in [3.05, 3.63) is 47.9 Å². The topological polar surface area (TPSA) is 89.8 Å². The summed E-state index contributed by atoms with van der Waals surface area (Å²) in [5.74, 6) is 0. The minimum atomic E-state index is -4.48. The molecule has 3 aromatic heterocycles. The number of benzene rings is 1. The molecule has 0 spiro atoms. The summed E-state index contributed by atoms with van der Waals surface area (Å²) in [6.07, 6.45) is -2.28. The number of rotatable bonds is 4. The van der Waals surface area contributed by atoms with Crippen LogP contribution in [0.25, 0.3) is 21.4 Å². The molecule has 0 unspecified atom stereocenters. The summed E-state index contributed by atoms with van der Waals surface area (Å²) >= 11 is 1.04. The number of hydrogen-bond acceptors (Lipinski definition) is 6. The van der Waals surface area contributed by atoms with Crippen LogP contribution in [-0.2, 0) is 22.7 Å². The van der Waals surface area contributed by atoms with E-state index in [1.165, 1.54) is 13.4 Å². The zero-order valence-electron chi connectivity index (χ0n) is 14.2. The normalized spacial score (nSPS) is 12.9. The second-order valence-electron chi connectivity index (χ2n) is 5.93. The fourth-order valence-electron chi connectivity index (χ4n) is 2.66. The van der Waals surface area contributed by atoms with Crippen molar-refractivity contribution in [3.63, 3.8) is 0 Å². The number of aromatic nitrogens is 4. The van der Waals surface area contributed by atoms with Gasteiger partial charge < -0.3 is 4.57 Å². The van der Waals surface area contributed by atoms with Crippen LogP contribution < -0.4 is 4.72 Å². The monoisotopic (exact) mass is 427 g/mol. The van der Waals surface area contributed by atoms with Crippen molar-refractivity contribution < 1.29 is 21.6 Å². The second-order valence-corrected chi connectivity index (χ2v) is 9.02. The van der Waals surface area contributed by atoms with Crippen molar-refractivity contribution in [2.45, 2.75) is 17.1 Å². The van der Waals surface area contributed by atoms with Gasteiger partial charge in [-0.2, -0.15) is 13.2 Å². The van der Waals surface area contributed by atoms with Gasteiger partial charge in [0.05, 0.1) is 28.7 Å². The predicted octanol–water partition coefficient (Wildman–Crippen LogP) is 3.02. The number of imidazole rings is 1. The van der Waals surface area contributed by atoms with E-state index >= 15 is 0 Å². The third-order valence-electron chi connectivity index (χ3n) is 4.07. The van der Waals surface area contributed by atoms with E-state index in [4.69, 9.17) is 0 Å². The van der Waals surface area contributed by atoms with Crippen LogP contribution in [0.15, 0.2) is 41.1 Å². The Bertz CT molecular complexity index is 1290. The largest absolute Gasteiger partial charge is 0.417 e. The van der Waals surface area contributed by atoms with Crippen LogP contribution >= 0.6 is 11.3 Å². The Hall–Kier alpha value is -2.57. The molecule has 0 aliphatic carbocycles. The number of thiazole rings is 1. The van der Waals surface area contributed by atoms with Gasteiger partial charge in [0.25, 0.3) is 10.0 Å². The molecule has 7 nitrogen and oxygen atoms in total. The highest BCUT2D eigenvalue weighted by molar-refractivity contribution is 7.91. The standard InChI is InChI=1S/C16H12F3N5O2S2/c1-20-28(25,26)15-23-11-3-2-9(4-13(11)27-15)7-24-8-22-12-5-10(16(17,18)19)6-21-14(12)24/h2-6,8,20H,7H2,1H3. The molecular weight excluding hydrogens is 415 g/mol. The first-order chi connectivity index (χ1) is 13.2. The highest BCUT2D eigenvalue weighted by atomic mass is 32.2. The van der Waals surface area contributed by atoms with E-state index in [0.29, 0.717) is 22.4 Å². The lowest BCUT2D eigenvalue weighted by molar-refractivity contribution is -0.137.